The lowest BCUT2D eigenvalue weighted by Crippen LogP contribution is -2.47. The number of morpholine rings is 1. The molecule has 0 aromatic heterocycles. The second-order valence-electron chi connectivity index (χ2n) is 4.76. The van der Waals surface area contributed by atoms with Crippen LogP contribution in [0.25, 0.3) is 0 Å². The predicted octanol–water partition coefficient (Wildman–Crippen LogP) is 0.495. The van der Waals surface area contributed by atoms with Crippen molar-refractivity contribution in [1.82, 2.24) is 10.2 Å². The van der Waals surface area contributed by atoms with E-state index in [1.165, 1.54) is 0 Å². The zero-order chi connectivity index (χ0) is 12.0. The molecule has 1 aliphatic rings. The molecule has 1 saturated heterocycles. The van der Waals surface area contributed by atoms with Gasteiger partial charge in [0.15, 0.2) is 5.96 Å². The van der Waals surface area contributed by atoms with Gasteiger partial charge < -0.3 is 20.7 Å². The van der Waals surface area contributed by atoms with Crippen molar-refractivity contribution < 1.29 is 4.74 Å². The van der Waals surface area contributed by atoms with Gasteiger partial charge in [0.1, 0.15) is 0 Å². The summed E-state index contributed by atoms with van der Waals surface area (Å²) in [6.07, 6.45) is 0.214. The maximum atomic E-state index is 5.74. The molecule has 0 bridgehead atoms. The first-order valence-corrected chi connectivity index (χ1v) is 5.92. The van der Waals surface area contributed by atoms with Crippen LogP contribution in [0.2, 0.25) is 0 Å². The van der Waals surface area contributed by atoms with E-state index in [0.29, 0.717) is 11.9 Å². The van der Waals surface area contributed by atoms with Gasteiger partial charge in [-0.3, -0.25) is 4.99 Å². The SMILES string of the molecule is CC(C)CN=C(N)NCC1CN(C)CCO1.I. The second-order valence-corrected chi connectivity index (χ2v) is 4.76. The Bertz CT molecular complexity index is 236. The average Bonchev–Trinajstić information content (AvgIpc) is 2.23. The number of nitrogens with one attached hydrogen (secondary N) is 1. The minimum absolute atomic E-state index is 0. The van der Waals surface area contributed by atoms with Crippen LogP contribution >= 0.6 is 24.0 Å². The van der Waals surface area contributed by atoms with Gasteiger partial charge in [-0.25, -0.2) is 0 Å². The molecule has 0 aromatic carbocycles. The molecule has 0 aliphatic carbocycles. The molecule has 17 heavy (non-hydrogen) atoms. The maximum absolute atomic E-state index is 5.74. The largest absolute Gasteiger partial charge is 0.374 e. The number of hydrogen-bond acceptors (Lipinski definition) is 3. The van der Waals surface area contributed by atoms with Crippen LogP contribution in [0.3, 0.4) is 0 Å². The van der Waals surface area contributed by atoms with Crippen LogP contribution < -0.4 is 11.1 Å². The molecule has 1 unspecified atom stereocenters. The van der Waals surface area contributed by atoms with Gasteiger partial charge in [0.25, 0.3) is 0 Å². The Labute approximate surface area is 121 Å². The highest BCUT2D eigenvalue weighted by atomic mass is 127. The molecule has 0 radical (unpaired) electrons. The number of halogens is 1. The molecule has 3 N–H and O–H groups in total. The fraction of sp³-hybridized carbons (Fsp3) is 0.909. The Morgan fingerprint density at radius 3 is 2.88 bits per heavy atom. The maximum Gasteiger partial charge on any atom is 0.188 e. The summed E-state index contributed by atoms with van der Waals surface area (Å²) < 4.78 is 5.61. The van der Waals surface area contributed by atoms with E-state index in [9.17, 15) is 0 Å². The molecule has 1 aliphatic heterocycles. The summed E-state index contributed by atoms with van der Waals surface area (Å²) in [5, 5.41) is 3.10. The van der Waals surface area contributed by atoms with Gasteiger partial charge in [-0.15, -0.1) is 24.0 Å². The van der Waals surface area contributed by atoms with Crippen molar-refractivity contribution in [1.29, 1.82) is 0 Å². The number of rotatable bonds is 4. The number of hydrogen-bond donors (Lipinski definition) is 2. The Balaban J connectivity index is 0.00000256. The summed E-state index contributed by atoms with van der Waals surface area (Å²) in [6, 6.07) is 0. The van der Waals surface area contributed by atoms with Gasteiger partial charge in [0.2, 0.25) is 0 Å². The Kier molecular flexibility index (Phi) is 8.89. The van der Waals surface area contributed by atoms with Crippen molar-refractivity contribution in [2.24, 2.45) is 16.6 Å². The first-order chi connectivity index (χ1) is 7.58. The van der Waals surface area contributed by atoms with Gasteiger partial charge in [-0.2, -0.15) is 0 Å². The van der Waals surface area contributed by atoms with Crippen molar-refractivity contribution in [3.8, 4) is 0 Å². The molecule has 1 heterocycles. The van der Waals surface area contributed by atoms with Crippen molar-refractivity contribution >= 4 is 29.9 Å². The lowest BCUT2D eigenvalue weighted by atomic mass is 10.2. The zero-order valence-electron chi connectivity index (χ0n) is 11.0. The summed E-state index contributed by atoms with van der Waals surface area (Å²) in [5.74, 6) is 1.06. The highest BCUT2D eigenvalue weighted by Gasteiger charge is 2.17. The molecule has 102 valence electrons. The third kappa shape index (κ3) is 7.77. The summed E-state index contributed by atoms with van der Waals surface area (Å²) in [6.45, 7) is 8.50. The summed E-state index contributed by atoms with van der Waals surface area (Å²) in [5.41, 5.74) is 5.74. The van der Waals surface area contributed by atoms with Crippen LogP contribution in [0.4, 0.5) is 0 Å². The Hall–Kier alpha value is -0.0800. The van der Waals surface area contributed by atoms with Crippen LogP contribution in [-0.4, -0.2) is 56.8 Å². The van der Waals surface area contributed by atoms with Gasteiger partial charge in [0.05, 0.1) is 12.7 Å². The molecule has 0 saturated carbocycles. The van der Waals surface area contributed by atoms with E-state index >= 15 is 0 Å². The number of nitrogens with zero attached hydrogens (tertiary/aromatic N) is 2. The van der Waals surface area contributed by atoms with Crippen LogP contribution in [-0.2, 0) is 4.74 Å². The smallest absolute Gasteiger partial charge is 0.188 e. The third-order valence-electron chi connectivity index (χ3n) is 2.48. The first kappa shape index (κ1) is 16.9. The van der Waals surface area contributed by atoms with E-state index in [0.717, 1.165) is 32.8 Å². The second kappa shape index (κ2) is 8.93. The molecule has 1 fully saturated rings. The Morgan fingerprint density at radius 2 is 2.29 bits per heavy atom. The first-order valence-electron chi connectivity index (χ1n) is 5.92. The highest BCUT2D eigenvalue weighted by molar-refractivity contribution is 14.0. The van der Waals surface area contributed by atoms with Crippen LogP contribution in [0.1, 0.15) is 13.8 Å². The van der Waals surface area contributed by atoms with E-state index in [4.69, 9.17) is 10.5 Å². The molecule has 5 nitrogen and oxygen atoms in total. The number of nitrogens with two attached hydrogens (primary N) is 1. The van der Waals surface area contributed by atoms with Crippen molar-refractivity contribution in [3.63, 3.8) is 0 Å². The average molecular weight is 356 g/mol. The topological polar surface area (TPSA) is 62.9 Å². The summed E-state index contributed by atoms with van der Waals surface area (Å²) in [7, 11) is 2.10. The van der Waals surface area contributed by atoms with Gasteiger partial charge >= 0.3 is 0 Å². The third-order valence-corrected chi connectivity index (χ3v) is 2.48. The van der Waals surface area contributed by atoms with Crippen molar-refractivity contribution in [2.45, 2.75) is 20.0 Å². The van der Waals surface area contributed by atoms with E-state index < -0.39 is 0 Å². The van der Waals surface area contributed by atoms with Crippen LogP contribution in [0.5, 0.6) is 0 Å². The van der Waals surface area contributed by atoms with Crippen molar-refractivity contribution in [3.05, 3.63) is 0 Å². The number of ether oxygens (including phenoxy) is 1. The van der Waals surface area contributed by atoms with E-state index in [2.05, 4.69) is 36.1 Å². The lowest BCUT2D eigenvalue weighted by Gasteiger charge is -2.30. The zero-order valence-corrected chi connectivity index (χ0v) is 13.3. The minimum Gasteiger partial charge on any atom is -0.374 e. The van der Waals surface area contributed by atoms with Crippen molar-refractivity contribution in [2.75, 3.05) is 39.8 Å². The number of guanidine groups is 1. The summed E-state index contributed by atoms with van der Waals surface area (Å²) in [4.78, 5) is 6.50. The fourth-order valence-electron chi connectivity index (χ4n) is 1.55. The quantitative estimate of drug-likeness (QED) is 0.437. The fourth-order valence-corrected chi connectivity index (χ4v) is 1.55. The molecule has 1 atom stereocenters. The van der Waals surface area contributed by atoms with E-state index in [1.54, 1.807) is 0 Å². The number of aliphatic imine (C=N–C) groups is 1. The molecular weight excluding hydrogens is 331 g/mol. The molecule has 1 rings (SSSR count). The monoisotopic (exact) mass is 356 g/mol. The normalized spacial score (nSPS) is 22.4. The standard InChI is InChI=1S/C11H24N4O.HI/c1-9(2)6-13-11(12)14-7-10-8-15(3)4-5-16-10;/h9-10H,4-8H2,1-3H3,(H3,12,13,14);1H. The molecule has 0 spiro atoms. The van der Waals surface area contributed by atoms with Gasteiger partial charge in [0, 0.05) is 26.2 Å². The molecular formula is C11H25IN4O. The van der Waals surface area contributed by atoms with E-state index in [-0.39, 0.29) is 30.1 Å². The molecule has 0 aromatic rings. The highest BCUT2D eigenvalue weighted by Crippen LogP contribution is 2.01. The van der Waals surface area contributed by atoms with Crippen LogP contribution in [0.15, 0.2) is 4.99 Å². The molecule has 0 amide bonds. The van der Waals surface area contributed by atoms with Crippen LogP contribution in [0, 0.1) is 5.92 Å². The molecule has 6 heteroatoms. The number of likely N-dealkylation sites (N-methyl/N-ethyl adjacent to an activating group) is 1. The lowest BCUT2D eigenvalue weighted by molar-refractivity contribution is -0.0160. The predicted molar refractivity (Wildman–Crippen MR) is 82.0 cm³/mol. The summed E-state index contributed by atoms with van der Waals surface area (Å²) >= 11 is 0. The van der Waals surface area contributed by atoms with E-state index in [1.807, 2.05) is 0 Å². The van der Waals surface area contributed by atoms with Gasteiger partial charge in [-0.05, 0) is 13.0 Å². The van der Waals surface area contributed by atoms with Gasteiger partial charge in [-0.1, -0.05) is 13.8 Å². The minimum atomic E-state index is 0. The Morgan fingerprint density at radius 1 is 1.59 bits per heavy atom.